The molecule has 1 rings (SSSR count). The summed E-state index contributed by atoms with van der Waals surface area (Å²) < 4.78 is 25.8. The Labute approximate surface area is 113 Å². The maximum Gasteiger partial charge on any atom is 0.335 e. The first kappa shape index (κ1) is 15.7. The first-order chi connectivity index (χ1) is 8.54. The van der Waals surface area contributed by atoms with Gasteiger partial charge in [0.15, 0.2) is 0 Å². The average molecular weight is 285 g/mol. The summed E-state index contributed by atoms with van der Waals surface area (Å²) in [5.74, 6) is -1.08. The van der Waals surface area contributed by atoms with Crippen molar-refractivity contribution in [3.63, 3.8) is 0 Å². The molecule has 5 nitrogen and oxygen atoms in total. The van der Waals surface area contributed by atoms with Gasteiger partial charge in [0.2, 0.25) is 10.0 Å². The highest BCUT2D eigenvalue weighted by Crippen LogP contribution is 2.21. The molecule has 0 spiro atoms. The van der Waals surface area contributed by atoms with Gasteiger partial charge in [-0.3, -0.25) is 0 Å². The first-order valence-corrected chi connectivity index (χ1v) is 7.28. The topological polar surface area (TPSA) is 74.7 Å². The van der Waals surface area contributed by atoms with Gasteiger partial charge in [-0.05, 0) is 29.7 Å². The molecule has 0 unspecified atom stereocenters. The Morgan fingerprint density at radius 3 is 2.05 bits per heavy atom. The molecule has 1 N–H and O–H groups in total. The molecule has 0 aliphatic rings. The van der Waals surface area contributed by atoms with Gasteiger partial charge in [-0.1, -0.05) is 20.8 Å². The molecular weight excluding hydrogens is 266 g/mol. The van der Waals surface area contributed by atoms with Crippen LogP contribution in [0.2, 0.25) is 0 Å². The van der Waals surface area contributed by atoms with Crippen molar-refractivity contribution < 1.29 is 18.3 Å². The zero-order valence-corrected chi connectivity index (χ0v) is 12.4. The molecule has 0 bridgehead atoms. The number of hydrogen-bond donors (Lipinski definition) is 1. The first-order valence-electron chi connectivity index (χ1n) is 5.84. The lowest BCUT2D eigenvalue weighted by atomic mass is 9.97. The quantitative estimate of drug-likeness (QED) is 0.918. The number of rotatable bonds is 4. The second-order valence-corrected chi connectivity index (χ2v) is 7.70. The fourth-order valence-corrected chi connectivity index (χ4v) is 3.10. The SMILES string of the molecule is CN(CC(C)(C)C)S(=O)(=O)c1ccc(C(=O)O)cc1. The van der Waals surface area contributed by atoms with Crippen molar-refractivity contribution >= 4 is 16.0 Å². The monoisotopic (exact) mass is 285 g/mol. The molecule has 0 atom stereocenters. The summed E-state index contributed by atoms with van der Waals surface area (Å²) in [5.41, 5.74) is -0.0829. The van der Waals surface area contributed by atoms with Gasteiger partial charge >= 0.3 is 5.97 Å². The summed E-state index contributed by atoms with van der Waals surface area (Å²) in [4.78, 5) is 10.8. The molecule has 0 saturated heterocycles. The lowest BCUT2D eigenvalue weighted by Gasteiger charge is -2.26. The minimum atomic E-state index is -3.57. The van der Waals surface area contributed by atoms with Gasteiger partial charge in [-0.15, -0.1) is 0 Å². The van der Waals surface area contributed by atoms with E-state index in [0.29, 0.717) is 6.54 Å². The number of sulfonamides is 1. The van der Waals surface area contributed by atoms with E-state index in [1.807, 2.05) is 20.8 Å². The van der Waals surface area contributed by atoms with E-state index in [2.05, 4.69) is 0 Å². The van der Waals surface area contributed by atoms with Gasteiger partial charge in [0.25, 0.3) is 0 Å². The lowest BCUT2D eigenvalue weighted by Crippen LogP contribution is -2.34. The van der Waals surface area contributed by atoms with Crippen molar-refractivity contribution in [3.8, 4) is 0 Å². The Kier molecular flexibility index (Phi) is 4.37. The number of hydrogen-bond acceptors (Lipinski definition) is 3. The summed E-state index contributed by atoms with van der Waals surface area (Å²) in [6.07, 6.45) is 0. The molecule has 6 heteroatoms. The van der Waals surface area contributed by atoms with Crippen LogP contribution in [0.3, 0.4) is 0 Å². The Balaban J connectivity index is 3.03. The normalized spacial score (nSPS) is 12.7. The zero-order chi connectivity index (χ0) is 14.8. The van der Waals surface area contributed by atoms with Gasteiger partial charge < -0.3 is 5.11 Å². The van der Waals surface area contributed by atoms with Crippen molar-refractivity contribution in [2.24, 2.45) is 5.41 Å². The van der Waals surface area contributed by atoms with Crippen LogP contribution in [0.15, 0.2) is 29.2 Å². The summed E-state index contributed by atoms with van der Waals surface area (Å²) in [6, 6.07) is 5.22. The predicted molar refractivity (Wildman–Crippen MR) is 72.7 cm³/mol. The molecule has 0 fully saturated rings. The van der Waals surface area contributed by atoms with Gasteiger partial charge in [0.05, 0.1) is 10.5 Å². The van der Waals surface area contributed by atoms with E-state index in [9.17, 15) is 13.2 Å². The second kappa shape index (κ2) is 5.30. The summed E-state index contributed by atoms with van der Waals surface area (Å²) >= 11 is 0. The van der Waals surface area contributed by atoms with E-state index in [-0.39, 0.29) is 15.9 Å². The average Bonchev–Trinajstić information content (AvgIpc) is 2.26. The highest BCUT2D eigenvalue weighted by molar-refractivity contribution is 7.89. The highest BCUT2D eigenvalue weighted by Gasteiger charge is 2.25. The Morgan fingerprint density at radius 2 is 1.68 bits per heavy atom. The predicted octanol–water partition coefficient (Wildman–Crippen LogP) is 2.05. The maximum atomic E-state index is 12.3. The third kappa shape index (κ3) is 4.04. The standard InChI is InChI=1S/C13H19NO4S/c1-13(2,3)9-14(4)19(17,18)11-7-5-10(6-8-11)12(15)16/h5-8H,9H2,1-4H3,(H,15,16). The molecule has 19 heavy (non-hydrogen) atoms. The van der Waals surface area contributed by atoms with E-state index in [4.69, 9.17) is 5.11 Å². The fourth-order valence-electron chi connectivity index (χ4n) is 1.70. The summed E-state index contributed by atoms with van der Waals surface area (Å²) in [7, 11) is -2.05. The van der Waals surface area contributed by atoms with Gasteiger partial charge in [-0.2, -0.15) is 0 Å². The molecule has 1 aromatic carbocycles. The molecule has 0 saturated carbocycles. The highest BCUT2D eigenvalue weighted by atomic mass is 32.2. The second-order valence-electron chi connectivity index (χ2n) is 5.65. The van der Waals surface area contributed by atoms with Crippen molar-refractivity contribution in [2.45, 2.75) is 25.7 Å². The van der Waals surface area contributed by atoms with Crippen LogP contribution in [0.1, 0.15) is 31.1 Å². The molecule has 0 aliphatic carbocycles. The van der Waals surface area contributed by atoms with Gasteiger partial charge in [0, 0.05) is 13.6 Å². The van der Waals surface area contributed by atoms with E-state index in [0.717, 1.165) is 0 Å². The minimum absolute atomic E-state index is 0.0671. The van der Waals surface area contributed by atoms with Crippen LogP contribution in [0.25, 0.3) is 0 Å². The molecule has 106 valence electrons. The molecule has 0 aliphatic heterocycles. The van der Waals surface area contributed by atoms with E-state index < -0.39 is 16.0 Å². The third-order valence-electron chi connectivity index (χ3n) is 2.51. The molecule has 0 heterocycles. The van der Waals surface area contributed by atoms with Crippen LogP contribution in [-0.4, -0.2) is 37.4 Å². The smallest absolute Gasteiger partial charge is 0.335 e. The number of carboxylic acids is 1. The maximum absolute atomic E-state index is 12.3. The summed E-state index contributed by atoms with van der Waals surface area (Å²) in [6.45, 7) is 6.24. The van der Waals surface area contributed by atoms with E-state index >= 15 is 0 Å². The van der Waals surface area contributed by atoms with Crippen molar-refractivity contribution in [1.82, 2.24) is 4.31 Å². The van der Waals surface area contributed by atoms with Gasteiger partial charge in [-0.25, -0.2) is 17.5 Å². The number of carboxylic acid groups (broad SMARTS) is 1. The Hall–Kier alpha value is -1.40. The van der Waals surface area contributed by atoms with Crippen molar-refractivity contribution in [2.75, 3.05) is 13.6 Å². The van der Waals surface area contributed by atoms with Crippen LogP contribution in [0.5, 0.6) is 0 Å². The molecule has 1 aromatic rings. The molecule has 0 amide bonds. The van der Waals surface area contributed by atoms with Crippen LogP contribution in [0.4, 0.5) is 0 Å². The van der Waals surface area contributed by atoms with Crippen LogP contribution in [0, 0.1) is 5.41 Å². The molecule has 0 aromatic heterocycles. The van der Waals surface area contributed by atoms with Crippen LogP contribution in [-0.2, 0) is 10.0 Å². The van der Waals surface area contributed by atoms with Crippen LogP contribution < -0.4 is 0 Å². The van der Waals surface area contributed by atoms with Gasteiger partial charge in [0.1, 0.15) is 0 Å². The number of benzene rings is 1. The Bertz CT molecular complexity index is 555. The van der Waals surface area contributed by atoms with Crippen LogP contribution >= 0.6 is 0 Å². The number of aromatic carboxylic acids is 1. The van der Waals surface area contributed by atoms with Crippen molar-refractivity contribution in [1.29, 1.82) is 0 Å². The minimum Gasteiger partial charge on any atom is -0.478 e. The lowest BCUT2D eigenvalue weighted by molar-refractivity contribution is 0.0696. The third-order valence-corrected chi connectivity index (χ3v) is 4.32. The fraction of sp³-hybridized carbons (Fsp3) is 0.462. The van der Waals surface area contributed by atoms with E-state index in [1.165, 1.54) is 35.6 Å². The Morgan fingerprint density at radius 1 is 1.21 bits per heavy atom. The summed E-state index contributed by atoms with van der Waals surface area (Å²) in [5, 5.41) is 8.78. The molecule has 0 radical (unpaired) electrons. The number of carbonyl (C=O) groups is 1. The number of nitrogens with zero attached hydrogens (tertiary/aromatic N) is 1. The largest absolute Gasteiger partial charge is 0.478 e. The molecular formula is C13H19NO4S. The van der Waals surface area contributed by atoms with E-state index in [1.54, 1.807) is 0 Å². The van der Waals surface area contributed by atoms with Crippen molar-refractivity contribution in [3.05, 3.63) is 29.8 Å². The zero-order valence-electron chi connectivity index (χ0n) is 11.5.